The van der Waals surface area contributed by atoms with E-state index in [0.29, 0.717) is 5.69 Å². The molecule has 1 aromatic heterocycles. The number of hydrazone groups is 1. The predicted octanol–water partition coefficient (Wildman–Crippen LogP) is 7.42. The molecule has 5 aromatic carbocycles. The Morgan fingerprint density at radius 2 is 1.22 bits per heavy atom. The van der Waals surface area contributed by atoms with Crippen LogP contribution in [-0.4, -0.2) is 17.1 Å². The van der Waals surface area contributed by atoms with Gasteiger partial charge in [0.2, 0.25) is 0 Å². The van der Waals surface area contributed by atoms with Gasteiger partial charge in [-0.15, -0.1) is 0 Å². The predicted molar refractivity (Wildman–Crippen MR) is 148 cm³/mol. The molecule has 0 bridgehead atoms. The summed E-state index contributed by atoms with van der Waals surface area (Å²) < 4.78 is 0. The summed E-state index contributed by atoms with van der Waals surface area (Å²) in [5.41, 5.74) is 7.89. The van der Waals surface area contributed by atoms with Crippen molar-refractivity contribution in [1.82, 2.24) is 10.4 Å². The minimum absolute atomic E-state index is 0.295. The first kappa shape index (κ1) is 21.6. The highest BCUT2D eigenvalue weighted by molar-refractivity contribution is 6.13. The summed E-state index contributed by atoms with van der Waals surface area (Å²) in [5.74, 6) is -0.295. The number of aromatic amines is 1. The minimum atomic E-state index is -0.295. The van der Waals surface area contributed by atoms with Gasteiger partial charge >= 0.3 is 0 Å². The van der Waals surface area contributed by atoms with E-state index in [9.17, 15) is 4.79 Å². The monoisotopic (exact) mass is 465 g/mol. The molecular formula is C32H23N3O. The first-order valence-electron chi connectivity index (χ1n) is 11.9. The number of hydrogen-bond donors (Lipinski definition) is 2. The summed E-state index contributed by atoms with van der Waals surface area (Å²) >= 11 is 0. The summed E-state index contributed by atoms with van der Waals surface area (Å²) in [6.07, 6.45) is 1.74. The molecule has 0 aliphatic heterocycles. The number of carbonyl (C=O) groups is 1. The fourth-order valence-corrected chi connectivity index (χ4v) is 4.65. The van der Waals surface area contributed by atoms with E-state index in [1.54, 1.807) is 6.21 Å². The SMILES string of the molecule is O=C(N/N=C\c1c2ccccc2cc2ccccc12)c1[nH]c(-c2ccccc2)cc1-c1ccccc1. The lowest BCUT2D eigenvalue weighted by Gasteiger charge is -2.08. The molecule has 0 unspecified atom stereocenters. The second kappa shape index (κ2) is 9.35. The number of H-pyrrole nitrogens is 1. The molecule has 6 rings (SSSR count). The Hall–Kier alpha value is -4.96. The lowest BCUT2D eigenvalue weighted by Crippen LogP contribution is -2.19. The van der Waals surface area contributed by atoms with Crippen molar-refractivity contribution in [2.75, 3.05) is 0 Å². The van der Waals surface area contributed by atoms with Gasteiger partial charge in [0.25, 0.3) is 5.91 Å². The molecule has 172 valence electrons. The fourth-order valence-electron chi connectivity index (χ4n) is 4.65. The van der Waals surface area contributed by atoms with Crippen LogP contribution in [0.2, 0.25) is 0 Å². The first-order chi connectivity index (χ1) is 17.8. The number of carbonyl (C=O) groups excluding carboxylic acids is 1. The number of nitrogens with one attached hydrogen (secondary N) is 2. The van der Waals surface area contributed by atoms with Gasteiger partial charge in [0, 0.05) is 16.8 Å². The number of fused-ring (bicyclic) bond motifs is 2. The van der Waals surface area contributed by atoms with Crippen molar-refractivity contribution >= 4 is 33.7 Å². The second-order valence-corrected chi connectivity index (χ2v) is 8.64. The molecule has 6 aromatic rings. The van der Waals surface area contributed by atoms with Gasteiger partial charge < -0.3 is 4.98 Å². The van der Waals surface area contributed by atoms with Crippen molar-refractivity contribution in [3.63, 3.8) is 0 Å². The van der Waals surface area contributed by atoms with Crippen molar-refractivity contribution in [2.45, 2.75) is 0 Å². The average Bonchev–Trinajstić information content (AvgIpc) is 3.39. The van der Waals surface area contributed by atoms with Crippen LogP contribution in [0.1, 0.15) is 16.1 Å². The summed E-state index contributed by atoms with van der Waals surface area (Å²) in [6.45, 7) is 0. The van der Waals surface area contributed by atoms with E-state index in [1.807, 2.05) is 91.0 Å². The van der Waals surface area contributed by atoms with Gasteiger partial charge in [-0.2, -0.15) is 5.10 Å². The van der Waals surface area contributed by atoms with Crippen LogP contribution in [0.25, 0.3) is 43.9 Å². The summed E-state index contributed by atoms with van der Waals surface area (Å²) in [5, 5.41) is 8.83. The fraction of sp³-hybridized carbons (Fsp3) is 0. The molecule has 0 aliphatic carbocycles. The van der Waals surface area contributed by atoms with Crippen LogP contribution < -0.4 is 5.43 Å². The van der Waals surface area contributed by atoms with Crippen molar-refractivity contribution in [3.8, 4) is 22.4 Å². The van der Waals surface area contributed by atoms with Gasteiger partial charge in [0.1, 0.15) is 5.69 Å². The second-order valence-electron chi connectivity index (χ2n) is 8.64. The largest absolute Gasteiger partial charge is 0.350 e. The average molecular weight is 466 g/mol. The van der Waals surface area contributed by atoms with Gasteiger partial charge in [0.05, 0.1) is 6.21 Å². The number of benzene rings is 5. The van der Waals surface area contributed by atoms with Gasteiger partial charge in [-0.05, 0) is 44.8 Å². The summed E-state index contributed by atoms with van der Waals surface area (Å²) in [4.78, 5) is 16.7. The summed E-state index contributed by atoms with van der Waals surface area (Å²) in [7, 11) is 0. The maximum absolute atomic E-state index is 13.3. The van der Waals surface area contributed by atoms with Crippen LogP contribution in [0.5, 0.6) is 0 Å². The molecule has 36 heavy (non-hydrogen) atoms. The third-order valence-electron chi connectivity index (χ3n) is 6.39. The van der Waals surface area contributed by atoms with E-state index in [4.69, 9.17) is 0 Å². The molecule has 0 atom stereocenters. The van der Waals surface area contributed by atoms with Gasteiger partial charge in [-0.3, -0.25) is 4.79 Å². The lowest BCUT2D eigenvalue weighted by molar-refractivity contribution is 0.0951. The molecule has 0 spiro atoms. The molecule has 0 fully saturated rings. The molecule has 0 saturated carbocycles. The Balaban J connectivity index is 1.37. The molecule has 2 N–H and O–H groups in total. The zero-order valence-corrected chi connectivity index (χ0v) is 19.5. The highest BCUT2D eigenvalue weighted by Gasteiger charge is 2.17. The van der Waals surface area contributed by atoms with Crippen LogP contribution in [0.15, 0.2) is 126 Å². The minimum Gasteiger partial charge on any atom is -0.350 e. The van der Waals surface area contributed by atoms with Crippen molar-refractivity contribution in [3.05, 3.63) is 133 Å². The van der Waals surface area contributed by atoms with E-state index in [1.165, 1.54) is 0 Å². The van der Waals surface area contributed by atoms with E-state index in [-0.39, 0.29) is 5.91 Å². The van der Waals surface area contributed by atoms with Crippen LogP contribution in [0, 0.1) is 0 Å². The molecule has 1 amide bonds. The quantitative estimate of drug-likeness (QED) is 0.155. The zero-order valence-electron chi connectivity index (χ0n) is 19.5. The molecule has 4 nitrogen and oxygen atoms in total. The van der Waals surface area contributed by atoms with Crippen LogP contribution in [0.4, 0.5) is 0 Å². The Morgan fingerprint density at radius 3 is 1.86 bits per heavy atom. The lowest BCUT2D eigenvalue weighted by atomic mass is 9.97. The van der Waals surface area contributed by atoms with Gasteiger partial charge in [-0.1, -0.05) is 109 Å². The third kappa shape index (κ3) is 4.05. The normalized spacial score (nSPS) is 11.3. The van der Waals surface area contributed by atoms with Crippen molar-refractivity contribution in [1.29, 1.82) is 0 Å². The maximum Gasteiger partial charge on any atom is 0.288 e. The van der Waals surface area contributed by atoms with E-state index >= 15 is 0 Å². The zero-order chi connectivity index (χ0) is 24.3. The molecule has 0 radical (unpaired) electrons. The van der Waals surface area contributed by atoms with Gasteiger partial charge in [-0.25, -0.2) is 5.43 Å². The highest BCUT2D eigenvalue weighted by atomic mass is 16.2. The van der Waals surface area contributed by atoms with E-state index in [2.05, 4.69) is 45.8 Å². The Morgan fingerprint density at radius 1 is 0.667 bits per heavy atom. The molecule has 1 heterocycles. The standard InChI is InChI=1S/C32H23N3O/c36-32(31-28(22-11-3-1-4-12-22)20-30(34-31)23-13-5-2-6-14-23)35-33-21-29-26-17-9-7-15-24(26)19-25-16-8-10-18-27(25)29/h1-21,34H,(H,35,36)/b33-21-. The molecular weight excluding hydrogens is 442 g/mol. The smallest absolute Gasteiger partial charge is 0.288 e. The number of rotatable bonds is 5. The van der Waals surface area contributed by atoms with E-state index in [0.717, 1.165) is 49.5 Å². The van der Waals surface area contributed by atoms with Crippen LogP contribution >= 0.6 is 0 Å². The first-order valence-corrected chi connectivity index (χ1v) is 11.9. The van der Waals surface area contributed by atoms with Crippen molar-refractivity contribution < 1.29 is 4.79 Å². The molecule has 4 heteroatoms. The number of amides is 1. The Labute approximate surface area is 208 Å². The highest BCUT2D eigenvalue weighted by Crippen LogP contribution is 2.30. The number of aromatic nitrogens is 1. The molecule has 0 aliphatic rings. The Bertz CT molecular complexity index is 1660. The van der Waals surface area contributed by atoms with E-state index < -0.39 is 0 Å². The maximum atomic E-state index is 13.3. The number of hydrogen-bond acceptors (Lipinski definition) is 2. The third-order valence-corrected chi connectivity index (χ3v) is 6.39. The Kier molecular flexibility index (Phi) is 5.60. The molecule has 0 saturated heterocycles. The van der Waals surface area contributed by atoms with Crippen LogP contribution in [0.3, 0.4) is 0 Å². The van der Waals surface area contributed by atoms with Gasteiger partial charge in [0.15, 0.2) is 0 Å². The number of nitrogens with zero attached hydrogens (tertiary/aromatic N) is 1. The summed E-state index contributed by atoms with van der Waals surface area (Å²) in [6, 6.07) is 40.5. The topological polar surface area (TPSA) is 57.2 Å². The van der Waals surface area contributed by atoms with Crippen molar-refractivity contribution in [2.24, 2.45) is 5.10 Å². The van der Waals surface area contributed by atoms with Crippen LogP contribution in [-0.2, 0) is 0 Å².